The predicted octanol–water partition coefficient (Wildman–Crippen LogP) is 1.78. The molecule has 0 aliphatic heterocycles. The highest BCUT2D eigenvalue weighted by molar-refractivity contribution is 8.00. The van der Waals surface area contributed by atoms with Crippen molar-refractivity contribution in [2.45, 2.75) is 23.9 Å². The molecule has 0 bridgehead atoms. The Morgan fingerprint density at radius 3 is 2.41 bits per heavy atom. The van der Waals surface area contributed by atoms with E-state index in [0.29, 0.717) is 23.3 Å². The Kier molecular flexibility index (Phi) is 5.21. The largest absolute Gasteiger partial charge is 0.383 e. The lowest BCUT2D eigenvalue weighted by Crippen LogP contribution is -2.32. The van der Waals surface area contributed by atoms with E-state index in [2.05, 4.69) is 9.97 Å². The molecule has 0 radical (unpaired) electrons. The lowest BCUT2D eigenvalue weighted by atomic mass is 10.2. The number of carbonyl (C=O) groups excluding carboxylic acids is 1. The molecule has 0 spiro atoms. The summed E-state index contributed by atoms with van der Waals surface area (Å²) in [6.07, 6.45) is 0. The number of nitrogens with zero attached hydrogens (tertiary/aromatic N) is 3. The molecule has 0 fully saturated rings. The first kappa shape index (κ1) is 16.1. The second-order valence-corrected chi connectivity index (χ2v) is 6.25. The number of benzene rings is 1. The van der Waals surface area contributed by atoms with E-state index in [1.54, 1.807) is 11.9 Å². The van der Waals surface area contributed by atoms with E-state index in [4.69, 9.17) is 11.5 Å². The van der Waals surface area contributed by atoms with Gasteiger partial charge in [0.05, 0.1) is 5.25 Å². The molecule has 2 aromatic rings. The van der Waals surface area contributed by atoms with Crippen LogP contribution in [0.15, 0.2) is 41.6 Å². The lowest BCUT2D eigenvalue weighted by molar-refractivity contribution is -0.129. The zero-order valence-electron chi connectivity index (χ0n) is 12.6. The van der Waals surface area contributed by atoms with Crippen molar-refractivity contribution in [2.75, 3.05) is 18.5 Å². The molecule has 1 atom stereocenters. The Morgan fingerprint density at radius 1 is 1.23 bits per heavy atom. The molecule has 0 aliphatic carbocycles. The molecule has 2 rings (SSSR count). The van der Waals surface area contributed by atoms with E-state index < -0.39 is 0 Å². The fraction of sp³-hybridized carbons (Fsp3) is 0.267. The summed E-state index contributed by atoms with van der Waals surface area (Å²) in [5.74, 6) is 0.595. The number of thioether (sulfide) groups is 1. The summed E-state index contributed by atoms with van der Waals surface area (Å²) in [7, 11) is 1.78. The molecule has 0 unspecified atom stereocenters. The molecule has 22 heavy (non-hydrogen) atoms. The second-order valence-electron chi connectivity index (χ2n) is 4.94. The minimum atomic E-state index is -0.324. The van der Waals surface area contributed by atoms with E-state index in [0.717, 1.165) is 5.56 Å². The number of aromatic nitrogens is 2. The van der Waals surface area contributed by atoms with Crippen molar-refractivity contribution >= 4 is 29.3 Å². The molecule has 1 heterocycles. The van der Waals surface area contributed by atoms with Crippen LogP contribution in [-0.2, 0) is 11.3 Å². The number of anilines is 2. The van der Waals surface area contributed by atoms with Gasteiger partial charge in [-0.3, -0.25) is 4.79 Å². The van der Waals surface area contributed by atoms with Crippen LogP contribution in [0, 0.1) is 0 Å². The van der Waals surface area contributed by atoms with Crippen LogP contribution in [0.2, 0.25) is 0 Å². The molecule has 116 valence electrons. The second kappa shape index (κ2) is 7.13. The summed E-state index contributed by atoms with van der Waals surface area (Å²) < 4.78 is 0. The number of hydrogen-bond donors (Lipinski definition) is 2. The minimum absolute atomic E-state index is 0.00144. The average molecular weight is 317 g/mol. The summed E-state index contributed by atoms with van der Waals surface area (Å²) in [6, 6.07) is 11.3. The number of carbonyl (C=O) groups is 1. The van der Waals surface area contributed by atoms with Crippen LogP contribution in [0.5, 0.6) is 0 Å². The molecule has 0 saturated carbocycles. The Bertz CT molecular complexity index is 629. The van der Waals surface area contributed by atoms with Crippen molar-refractivity contribution in [3.8, 4) is 0 Å². The summed E-state index contributed by atoms with van der Waals surface area (Å²) in [5, 5.41) is 0.0846. The van der Waals surface area contributed by atoms with Crippen LogP contribution in [0.25, 0.3) is 0 Å². The maximum absolute atomic E-state index is 12.4. The number of nitrogen functional groups attached to an aromatic ring is 2. The van der Waals surface area contributed by atoms with Gasteiger partial charge >= 0.3 is 0 Å². The SMILES string of the molecule is C[C@@H](Sc1nc(N)cc(N)n1)C(=O)N(C)Cc1ccccc1. The molecular formula is C15H19N5OS. The van der Waals surface area contributed by atoms with E-state index in [1.807, 2.05) is 37.3 Å². The number of rotatable bonds is 5. The predicted molar refractivity (Wildman–Crippen MR) is 89.1 cm³/mol. The molecular weight excluding hydrogens is 298 g/mol. The van der Waals surface area contributed by atoms with Crippen molar-refractivity contribution in [3.05, 3.63) is 42.0 Å². The zero-order valence-corrected chi connectivity index (χ0v) is 13.4. The quantitative estimate of drug-likeness (QED) is 0.644. The van der Waals surface area contributed by atoms with E-state index in [1.165, 1.54) is 17.8 Å². The fourth-order valence-corrected chi connectivity index (χ4v) is 2.88. The van der Waals surface area contributed by atoms with Crippen molar-refractivity contribution in [2.24, 2.45) is 0 Å². The van der Waals surface area contributed by atoms with Crippen molar-refractivity contribution in [1.82, 2.24) is 14.9 Å². The Hall–Kier alpha value is -2.28. The summed E-state index contributed by atoms with van der Waals surface area (Å²) in [6.45, 7) is 2.38. The van der Waals surface area contributed by atoms with Crippen LogP contribution in [-0.4, -0.2) is 33.1 Å². The number of amides is 1. The maximum Gasteiger partial charge on any atom is 0.235 e. The topological polar surface area (TPSA) is 98.1 Å². The standard InChI is InChI=1S/C15H19N5OS/c1-10(22-15-18-12(16)8-13(17)19-15)14(21)20(2)9-11-6-4-3-5-7-11/h3-8,10H,9H2,1-2H3,(H4,16,17,18,19)/t10-/m1/s1. The Labute approximate surface area is 133 Å². The van der Waals surface area contributed by atoms with Gasteiger partial charge in [0.15, 0.2) is 5.16 Å². The van der Waals surface area contributed by atoms with Gasteiger partial charge in [-0.15, -0.1) is 0 Å². The van der Waals surface area contributed by atoms with E-state index >= 15 is 0 Å². The zero-order chi connectivity index (χ0) is 16.1. The van der Waals surface area contributed by atoms with Crippen LogP contribution in [0.1, 0.15) is 12.5 Å². The molecule has 1 aromatic carbocycles. The van der Waals surface area contributed by atoms with Crippen LogP contribution >= 0.6 is 11.8 Å². The third-order valence-corrected chi connectivity index (χ3v) is 3.96. The highest BCUT2D eigenvalue weighted by Crippen LogP contribution is 2.23. The van der Waals surface area contributed by atoms with Crippen molar-refractivity contribution < 1.29 is 4.79 Å². The normalized spacial score (nSPS) is 11.9. The van der Waals surface area contributed by atoms with Gasteiger partial charge in [-0.1, -0.05) is 42.1 Å². The number of hydrogen-bond acceptors (Lipinski definition) is 6. The molecule has 7 heteroatoms. The monoisotopic (exact) mass is 317 g/mol. The van der Waals surface area contributed by atoms with Gasteiger partial charge in [0.25, 0.3) is 0 Å². The highest BCUT2D eigenvalue weighted by Gasteiger charge is 2.20. The third kappa shape index (κ3) is 4.36. The molecule has 1 aromatic heterocycles. The molecule has 0 aliphatic rings. The van der Waals surface area contributed by atoms with Crippen LogP contribution < -0.4 is 11.5 Å². The van der Waals surface area contributed by atoms with Gasteiger partial charge in [-0.25, -0.2) is 9.97 Å². The van der Waals surface area contributed by atoms with Crippen molar-refractivity contribution in [1.29, 1.82) is 0 Å². The van der Waals surface area contributed by atoms with Gasteiger partial charge in [-0.05, 0) is 12.5 Å². The van der Waals surface area contributed by atoms with Gasteiger partial charge in [-0.2, -0.15) is 0 Å². The molecule has 6 nitrogen and oxygen atoms in total. The fourth-order valence-electron chi connectivity index (χ4n) is 1.97. The average Bonchev–Trinajstić information content (AvgIpc) is 2.46. The molecule has 4 N–H and O–H groups in total. The minimum Gasteiger partial charge on any atom is -0.383 e. The maximum atomic E-state index is 12.4. The van der Waals surface area contributed by atoms with Crippen LogP contribution in [0.3, 0.4) is 0 Å². The first-order valence-corrected chi connectivity index (χ1v) is 7.69. The Balaban J connectivity index is 1.99. The lowest BCUT2D eigenvalue weighted by Gasteiger charge is -2.20. The van der Waals surface area contributed by atoms with Gasteiger partial charge in [0.1, 0.15) is 11.6 Å². The third-order valence-electron chi connectivity index (χ3n) is 3.01. The summed E-state index contributed by atoms with van der Waals surface area (Å²) in [5.41, 5.74) is 12.4. The number of nitrogens with two attached hydrogens (primary N) is 2. The Morgan fingerprint density at radius 2 is 1.82 bits per heavy atom. The first-order chi connectivity index (χ1) is 10.5. The van der Waals surface area contributed by atoms with E-state index in [9.17, 15) is 4.79 Å². The smallest absolute Gasteiger partial charge is 0.235 e. The van der Waals surface area contributed by atoms with Crippen LogP contribution in [0.4, 0.5) is 11.6 Å². The highest BCUT2D eigenvalue weighted by atomic mass is 32.2. The summed E-state index contributed by atoms with van der Waals surface area (Å²) in [4.78, 5) is 22.2. The van der Waals surface area contributed by atoms with E-state index in [-0.39, 0.29) is 11.2 Å². The van der Waals surface area contributed by atoms with Gasteiger partial charge in [0, 0.05) is 19.7 Å². The van der Waals surface area contributed by atoms with Gasteiger partial charge in [0.2, 0.25) is 5.91 Å². The van der Waals surface area contributed by atoms with Crippen molar-refractivity contribution in [3.63, 3.8) is 0 Å². The summed E-state index contributed by atoms with van der Waals surface area (Å²) >= 11 is 1.25. The molecule has 0 saturated heterocycles. The van der Waals surface area contributed by atoms with Gasteiger partial charge < -0.3 is 16.4 Å². The first-order valence-electron chi connectivity index (χ1n) is 6.81. The molecule has 1 amide bonds.